The fourth-order valence-corrected chi connectivity index (χ4v) is 3.29. The number of ether oxygens (including phenoxy) is 1. The minimum atomic E-state index is -0.592. The molecule has 2 aromatic carbocycles. The molecule has 28 heavy (non-hydrogen) atoms. The lowest BCUT2D eigenvalue weighted by Crippen LogP contribution is -2.16. The minimum Gasteiger partial charge on any atom is -0.465 e. The average Bonchev–Trinajstić information content (AvgIpc) is 3.16. The number of rotatable bonds is 4. The molecule has 0 radical (unpaired) electrons. The number of halogens is 3. The van der Waals surface area contributed by atoms with Gasteiger partial charge in [0.25, 0.3) is 0 Å². The van der Waals surface area contributed by atoms with E-state index in [-0.39, 0.29) is 16.5 Å². The van der Waals surface area contributed by atoms with Gasteiger partial charge in [0.1, 0.15) is 5.69 Å². The Hall–Kier alpha value is -2.54. The zero-order chi connectivity index (χ0) is 20.4. The summed E-state index contributed by atoms with van der Waals surface area (Å²) in [6.07, 6.45) is 0. The van der Waals surface area contributed by atoms with E-state index in [9.17, 15) is 9.59 Å². The first kappa shape index (κ1) is 20.2. The summed E-state index contributed by atoms with van der Waals surface area (Å²) < 4.78 is 11.1. The van der Waals surface area contributed by atoms with Gasteiger partial charge >= 0.3 is 5.97 Å². The van der Waals surface area contributed by atoms with Crippen LogP contribution in [0.25, 0.3) is 22.6 Å². The van der Waals surface area contributed by atoms with E-state index in [1.165, 1.54) is 26.2 Å². The summed E-state index contributed by atoms with van der Waals surface area (Å²) in [5.41, 5.74) is 1.97. The molecule has 0 aliphatic carbocycles. The first-order valence-corrected chi connectivity index (χ1v) is 9.03. The van der Waals surface area contributed by atoms with Crippen molar-refractivity contribution in [2.75, 3.05) is 11.5 Å². The SMILES string of the molecule is COC(=O)c1ccc(Cl)c(-c2cc(-c3cccc(N(Cl)C(C)=O)c3)on2)c1Cl. The molecule has 0 aliphatic rings. The van der Waals surface area contributed by atoms with E-state index in [0.29, 0.717) is 33.3 Å². The molecule has 1 heterocycles. The summed E-state index contributed by atoms with van der Waals surface area (Å²) in [4.78, 5) is 23.3. The van der Waals surface area contributed by atoms with Crippen molar-refractivity contribution in [2.24, 2.45) is 0 Å². The van der Waals surface area contributed by atoms with Crippen molar-refractivity contribution >= 4 is 52.5 Å². The largest absolute Gasteiger partial charge is 0.465 e. The molecule has 0 N–H and O–H groups in total. The van der Waals surface area contributed by atoms with Crippen LogP contribution in [0.3, 0.4) is 0 Å². The number of esters is 1. The number of nitrogens with zero attached hydrogens (tertiary/aromatic N) is 2. The highest BCUT2D eigenvalue weighted by atomic mass is 35.5. The lowest BCUT2D eigenvalue weighted by molar-refractivity contribution is -0.115. The maximum absolute atomic E-state index is 11.9. The number of benzene rings is 2. The molecule has 0 saturated carbocycles. The third-order valence-corrected chi connectivity index (χ3v) is 5.04. The predicted molar refractivity (Wildman–Crippen MR) is 108 cm³/mol. The molecular formula is C19H13Cl3N2O4. The molecule has 0 atom stereocenters. The van der Waals surface area contributed by atoms with Crippen LogP contribution in [-0.4, -0.2) is 24.1 Å². The van der Waals surface area contributed by atoms with Crippen LogP contribution in [-0.2, 0) is 9.53 Å². The second-order valence-corrected chi connectivity index (χ2v) is 6.83. The lowest BCUT2D eigenvalue weighted by atomic mass is 10.1. The van der Waals surface area contributed by atoms with Crippen LogP contribution >= 0.6 is 35.0 Å². The van der Waals surface area contributed by atoms with E-state index < -0.39 is 5.97 Å². The Labute approximate surface area is 175 Å². The third kappa shape index (κ3) is 3.85. The molecule has 9 heteroatoms. The van der Waals surface area contributed by atoms with E-state index in [1.807, 2.05) is 0 Å². The fraction of sp³-hybridized carbons (Fsp3) is 0.105. The van der Waals surface area contributed by atoms with Crippen LogP contribution in [0.5, 0.6) is 0 Å². The molecule has 144 valence electrons. The number of carbonyl (C=O) groups is 2. The van der Waals surface area contributed by atoms with Gasteiger partial charge in [-0.2, -0.15) is 0 Å². The van der Waals surface area contributed by atoms with Gasteiger partial charge in [0.2, 0.25) is 5.91 Å². The van der Waals surface area contributed by atoms with Crippen molar-refractivity contribution in [2.45, 2.75) is 6.92 Å². The highest BCUT2D eigenvalue weighted by Crippen LogP contribution is 2.38. The molecule has 0 fully saturated rings. The summed E-state index contributed by atoms with van der Waals surface area (Å²) in [6.45, 7) is 1.35. The van der Waals surface area contributed by atoms with Gasteiger partial charge in [-0.15, -0.1) is 0 Å². The molecule has 0 spiro atoms. The zero-order valence-electron chi connectivity index (χ0n) is 14.7. The maximum Gasteiger partial charge on any atom is 0.339 e. The third-order valence-electron chi connectivity index (χ3n) is 3.90. The van der Waals surface area contributed by atoms with Crippen molar-refractivity contribution in [3.05, 3.63) is 58.1 Å². The number of anilines is 1. The van der Waals surface area contributed by atoms with E-state index >= 15 is 0 Å². The number of methoxy groups -OCH3 is 1. The van der Waals surface area contributed by atoms with Crippen molar-refractivity contribution in [3.63, 3.8) is 0 Å². The second-order valence-electron chi connectivity index (χ2n) is 5.70. The monoisotopic (exact) mass is 438 g/mol. The van der Waals surface area contributed by atoms with Crippen molar-refractivity contribution in [1.82, 2.24) is 5.16 Å². The van der Waals surface area contributed by atoms with E-state index in [2.05, 4.69) is 5.16 Å². The minimum absolute atomic E-state index is 0.108. The predicted octanol–water partition coefficient (Wildman–Crippen LogP) is 5.61. The van der Waals surface area contributed by atoms with Crippen LogP contribution in [0.1, 0.15) is 17.3 Å². The standard InChI is InChI=1S/C19H13Cl3N2O4/c1-10(25)24(22)12-5-3-4-11(8-12)16-9-15(23-28-16)17-14(20)7-6-13(18(17)21)19(26)27-2/h3-9H,1-2H3. The molecular weight excluding hydrogens is 427 g/mol. The molecule has 0 saturated heterocycles. The fourth-order valence-electron chi connectivity index (χ4n) is 2.55. The van der Waals surface area contributed by atoms with Crippen LogP contribution in [0.4, 0.5) is 5.69 Å². The number of hydrogen-bond acceptors (Lipinski definition) is 5. The Kier molecular flexibility index (Phi) is 5.93. The number of carbonyl (C=O) groups excluding carboxylic acids is 2. The van der Waals surface area contributed by atoms with Gasteiger partial charge in [0, 0.05) is 35.9 Å². The summed E-state index contributed by atoms with van der Waals surface area (Å²) >= 11 is 18.6. The second kappa shape index (κ2) is 8.22. The summed E-state index contributed by atoms with van der Waals surface area (Å²) in [5.74, 6) is -0.512. The van der Waals surface area contributed by atoms with Gasteiger partial charge in [-0.3, -0.25) is 4.79 Å². The van der Waals surface area contributed by atoms with Crippen molar-refractivity contribution in [3.8, 4) is 22.6 Å². The molecule has 0 bridgehead atoms. The molecule has 3 rings (SSSR count). The normalized spacial score (nSPS) is 10.6. The highest BCUT2D eigenvalue weighted by Gasteiger charge is 2.21. The van der Waals surface area contributed by atoms with Gasteiger partial charge < -0.3 is 9.26 Å². The number of amides is 1. The molecule has 0 aliphatic heterocycles. The Morgan fingerprint density at radius 1 is 1.14 bits per heavy atom. The van der Waals surface area contributed by atoms with Gasteiger partial charge in [0.15, 0.2) is 5.76 Å². The highest BCUT2D eigenvalue weighted by molar-refractivity contribution is 6.41. The molecule has 6 nitrogen and oxygen atoms in total. The Balaban J connectivity index is 2.03. The zero-order valence-corrected chi connectivity index (χ0v) is 17.0. The van der Waals surface area contributed by atoms with Crippen LogP contribution in [0.15, 0.2) is 47.0 Å². The van der Waals surface area contributed by atoms with E-state index in [4.69, 9.17) is 44.2 Å². The lowest BCUT2D eigenvalue weighted by Gasteiger charge is -2.11. The van der Waals surface area contributed by atoms with Gasteiger partial charge in [0.05, 0.1) is 28.4 Å². The Bertz CT molecular complexity index is 1070. The number of hydrogen-bond donors (Lipinski definition) is 0. The Morgan fingerprint density at radius 2 is 1.89 bits per heavy atom. The van der Waals surface area contributed by atoms with E-state index in [1.54, 1.807) is 30.3 Å². The van der Waals surface area contributed by atoms with Crippen LogP contribution < -0.4 is 4.42 Å². The van der Waals surface area contributed by atoms with Gasteiger partial charge in [-0.05, 0) is 24.3 Å². The quantitative estimate of drug-likeness (QED) is 0.390. The molecule has 3 aromatic rings. The topological polar surface area (TPSA) is 72.6 Å². The van der Waals surface area contributed by atoms with Gasteiger partial charge in [-0.1, -0.05) is 40.5 Å². The molecule has 1 aromatic heterocycles. The summed E-state index contributed by atoms with van der Waals surface area (Å²) in [5, 5.41) is 4.42. The van der Waals surface area contributed by atoms with E-state index in [0.717, 1.165) is 4.42 Å². The van der Waals surface area contributed by atoms with Crippen LogP contribution in [0, 0.1) is 0 Å². The first-order valence-electron chi connectivity index (χ1n) is 7.93. The maximum atomic E-state index is 11.9. The smallest absolute Gasteiger partial charge is 0.339 e. The molecule has 1 amide bonds. The molecule has 0 unspecified atom stereocenters. The summed E-state index contributed by atoms with van der Waals surface area (Å²) in [7, 11) is 1.26. The van der Waals surface area contributed by atoms with Gasteiger partial charge in [-0.25, -0.2) is 9.21 Å². The average molecular weight is 440 g/mol. The summed E-state index contributed by atoms with van der Waals surface area (Å²) in [6, 6.07) is 11.5. The Morgan fingerprint density at radius 3 is 2.57 bits per heavy atom. The van der Waals surface area contributed by atoms with Crippen molar-refractivity contribution < 1.29 is 18.8 Å². The van der Waals surface area contributed by atoms with Crippen molar-refractivity contribution in [1.29, 1.82) is 0 Å². The van der Waals surface area contributed by atoms with Crippen LogP contribution in [0.2, 0.25) is 10.0 Å². The first-order chi connectivity index (χ1) is 13.3. The number of aromatic nitrogens is 1.